The summed E-state index contributed by atoms with van der Waals surface area (Å²) in [6.07, 6.45) is 1.32. The van der Waals surface area contributed by atoms with E-state index in [9.17, 15) is 9.18 Å². The molecule has 0 aliphatic carbocycles. The SMILES string of the molecule is Cl.O=C(O)C1CCN(CCF)CC1. The van der Waals surface area contributed by atoms with Gasteiger partial charge in [0.2, 0.25) is 0 Å². The lowest BCUT2D eigenvalue weighted by molar-refractivity contribution is -0.143. The second-order valence-electron chi connectivity index (χ2n) is 3.14. The van der Waals surface area contributed by atoms with Crippen molar-refractivity contribution >= 4 is 18.4 Å². The summed E-state index contributed by atoms with van der Waals surface area (Å²) < 4.78 is 11.9. The van der Waals surface area contributed by atoms with Crippen LogP contribution in [0.4, 0.5) is 4.39 Å². The van der Waals surface area contributed by atoms with E-state index in [2.05, 4.69) is 0 Å². The number of likely N-dealkylation sites (tertiary alicyclic amines) is 1. The van der Waals surface area contributed by atoms with Crippen molar-refractivity contribution in [3.63, 3.8) is 0 Å². The predicted octanol–water partition coefficient (Wildman–Crippen LogP) is 1.17. The fourth-order valence-corrected chi connectivity index (χ4v) is 1.52. The van der Waals surface area contributed by atoms with Gasteiger partial charge in [-0.3, -0.25) is 4.79 Å². The molecule has 1 aliphatic rings. The molecule has 1 heterocycles. The molecule has 0 unspecified atom stereocenters. The number of piperidine rings is 1. The van der Waals surface area contributed by atoms with Crippen LogP contribution in [0.5, 0.6) is 0 Å². The number of alkyl halides is 1. The first kappa shape index (κ1) is 12.7. The van der Waals surface area contributed by atoms with Crippen molar-refractivity contribution in [2.24, 2.45) is 5.92 Å². The molecule has 0 atom stereocenters. The van der Waals surface area contributed by atoms with E-state index in [1.54, 1.807) is 0 Å². The number of hydrogen-bond donors (Lipinski definition) is 1. The number of carboxylic acid groups (broad SMARTS) is 1. The van der Waals surface area contributed by atoms with E-state index in [4.69, 9.17) is 5.11 Å². The van der Waals surface area contributed by atoms with Gasteiger partial charge in [0.1, 0.15) is 6.67 Å². The molecule has 1 saturated heterocycles. The van der Waals surface area contributed by atoms with E-state index < -0.39 is 5.97 Å². The molecule has 0 spiro atoms. The van der Waals surface area contributed by atoms with Crippen molar-refractivity contribution in [1.29, 1.82) is 0 Å². The van der Waals surface area contributed by atoms with Crippen LogP contribution in [0.1, 0.15) is 12.8 Å². The Morgan fingerprint density at radius 1 is 1.46 bits per heavy atom. The Morgan fingerprint density at radius 3 is 2.38 bits per heavy atom. The van der Waals surface area contributed by atoms with Crippen LogP contribution in [0.25, 0.3) is 0 Å². The highest BCUT2D eigenvalue weighted by Gasteiger charge is 2.23. The minimum absolute atomic E-state index is 0. The molecule has 0 aromatic heterocycles. The normalized spacial score (nSPS) is 19.5. The van der Waals surface area contributed by atoms with Gasteiger partial charge in [-0.2, -0.15) is 0 Å². The van der Waals surface area contributed by atoms with E-state index in [1.807, 2.05) is 4.90 Å². The smallest absolute Gasteiger partial charge is 0.306 e. The molecule has 1 fully saturated rings. The molecule has 0 aromatic rings. The molecule has 78 valence electrons. The highest BCUT2D eigenvalue weighted by Crippen LogP contribution is 2.16. The molecule has 0 aromatic carbocycles. The lowest BCUT2D eigenvalue weighted by Crippen LogP contribution is -2.37. The van der Waals surface area contributed by atoms with Crippen molar-refractivity contribution in [3.8, 4) is 0 Å². The zero-order chi connectivity index (χ0) is 8.97. The summed E-state index contributed by atoms with van der Waals surface area (Å²) in [5, 5.41) is 8.66. The molecule has 1 rings (SSSR count). The summed E-state index contributed by atoms with van der Waals surface area (Å²) in [5.74, 6) is -0.921. The van der Waals surface area contributed by atoms with Crippen molar-refractivity contribution in [2.45, 2.75) is 12.8 Å². The molecule has 3 nitrogen and oxygen atoms in total. The number of carboxylic acids is 1. The third-order valence-electron chi connectivity index (χ3n) is 2.34. The van der Waals surface area contributed by atoms with Gasteiger partial charge in [-0.1, -0.05) is 0 Å². The first-order valence-electron chi connectivity index (χ1n) is 4.25. The quantitative estimate of drug-likeness (QED) is 0.762. The molecular weight excluding hydrogens is 197 g/mol. The van der Waals surface area contributed by atoms with Crippen molar-refractivity contribution in [2.75, 3.05) is 26.3 Å². The van der Waals surface area contributed by atoms with Gasteiger partial charge in [-0.25, -0.2) is 4.39 Å². The minimum atomic E-state index is -0.713. The zero-order valence-electron chi connectivity index (χ0n) is 7.41. The van der Waals surface area contributed by atoms with Gasteiger partial charge in [-0.05, 0) is 25.9 Å². The third kappa shape index (κ3) is 3.91. The number of nitrogens with zero attached hydrogens (tertiary/aromatic N) is 1. The minimum Gasteiger partial charge on any atom is -0.481 e. The summed E-state index contributed by atoms with van der Waals surface area (Å²) >= 11 is 0. The standard InChI is InChI=1S/C8H14FNO2.ClH/c9-3-6-10-4-1-7(2-5-10)8(11)12;/h7H,1-6H2,(H,11,12);1H. The highest BCUT2D eigenvalue weighted by atomic mass is 35.5. The number of hydrogen-bond acceptors (Lipinski definition) is 2. The second kappa shape index (κ2) is 6.16. The Hall–Kier alpha value is -0.350. The third-order valence-corrected chi connectivity index (χ3v) is 2.34. The topological polar surface area (TPSA) is 40.5 Å². The molecule has 0 amide bonds. The predicted molar refractivity (Wildman–Crippen MR) is 50.0 cm³/mol. The molecule has 1 N–H and O–H groups in total. The van der Waals surface area contributed by atoms with Crippen LogP contribution in [0.2, 0.25) is 0 Å². The molecule has 5 heteroatoms. The molecule has 1 aliphatic heterocycles. The van der Waals surface area contributed by atoms with Crippen LogP contribution in [0.3, 0.4) is 0 Å². The average Bonchev–Trinajstić information content (AvgIpc) is 2.06. The van der Waals surface area contributed by atoms with Gasteiger partial charge in [0.05, 0.1) is 5.92 Å². The lowest BCUT2D eigenvalue weighted by Gasteiger charge is -2.28. The van der Waals surface area contributed by atoms with Crippen LogP contribution in [0, 0.1) is 5.92 Å². The first-order valence-corrected chi connectivity index (χ1v) is 4.25. The maximum atomic E-state index is 11.9. The summed E-state index contributed by atoms with van der Waals surface area (Å²) in [4.78, 5) is 12.5. The fraction of sp³-hybridized carbons (Fsp3) is 0.875. The zero-order valence-corrected chi connectivity index (χ0v) is 8.23. The van der Waals surface area contributed by atoms with E-state index in [1.165, 1.54) is 0 Å². The van der Waals surface area contributed by atoms with E-state index >= 15 is 0 Å². The van der Waals surface area contributed by atoms with Crippen LogP contribution in [-0.2, 0) is 4.79 Å². The van der Waals surface area contributed by atoms with E-state index in [0.717, 1.165) is 13.1 Å². The summed E-state index contributed by atoms with van der Waals surface area (Å²) in [6, 6.07) is 0. The van der Waals surface area contributed by atoms with Crippen LogP contribution in [-0.4, -0.2) is 42.3 Å². The summed E-state index contributed by atoms with van der Waals surface area (Å²) in [5.41, 5.74) is 0. The van der Waals surface area contributed by atoms with Gasteiger partial charge in [0.15, 0.2) is 0 Å². The Morgan fingerprint density at radius 2 is 2.00 bits per heavy atom. The Balaban J connectivity index is 0.00000144. The first-order chi connectivity index (χ1) is 5.74. The van der Waals surface area contributed by atoms with Gasteiger partial charge < -0.3 is 10.0 Å². The fourth-order valence-electron chi connectivity index (χ4n) is 1.52. The number of halogens is 2. The second-order valence-corrected chi connectivity index (χ2v) is 3.14. The largest absolute Gasteiger partial charge is 0.481 e. The van der Waals surface area contributed by atoms with Crippen molar-refractivity contribution in [3.05, 3.63) is 0 Å². The Kier molecular flexibility index (Phi) is 5.99. The Bertz CT molecular complexity index is 160. The van der Waals surface area contributed by atoms with Crippen LogP contribution >= 0.6 is 12.4 Å². The molecule has 0 saturated carbocycles. The average molecular weight is 212 g/mol. The van der Waals surface area contributed by atoms with E-state index in [0.29, 0.717) is 19.4 Å². The van der Waals surface area contributed by atoms with Crippen molar-refractivity contribution < 1.29 is 14.3 Å². The van der Waals surface area contributed by atoms with Gasteiger partial charge in [-0.15, -0.1) is 12.4 Å². The maximum absolute atomic E-state index is 11.9. The summed E-state index contributed by atoms with van der Waals surface area (Å²) in [7, 11) is 0. The monoisotopic (exact) mass is 211 g/mol. The number of aliphatic carboxylic acids is 1. The maximum Gasteiger partial charge on any atom is 0.306 e. The number of carbonyl (C=O) groups is 1. The Labute approximate surface area is 83.3 Å². The van der Waals surface area contributed by atoms with E-state index in [-0.39, 0.29) is 25.0 Å². The van der Waals surface area contributed by atoms with Gasteiger partial charge >= 0.3 is 5.97 Å². The van der Waals surface area contributed by atoms with Crippen molar-refractivity contribution in [1.82, 2.24) is 4.90 Å². The number of rotatable bonds is 3. The summed E-state index contributed by atoms with van der Waals surface area (Å²) in [6.45, 7) is 1.56. The van der Waals surface area contributed by atoms with Gasteiger partial charge in [0, 0.05) is 6.54 Å². The molecule has 13 heavy (non-hydrogen) atoms. The van der Waals surface area contributed by atoms with Crippen LogP contribution in [0.15, 0.2) is 0 Å². The molecule has 0 radical (unpaired) electrons. The van der Waals surface area contributed by atoms with Gasteiger partial charge in [0.25, 0.3) is 0 Å². The molecule has 0 bridgehead atoms. The van der Waals surface area contributed by atoms with Crippen LogP contribution < -0.4 is 0 Å². The molecular formula is C8H15ClFNO2. The lowest BCUT2D eigenvalue weighted by atomic mass is 9.97. The highest BCUT2D eigenvalue weighted by molar-refractivity contribution is 5.85.